The topological polar surface area (TPSA) is 167 Å². The van der Waals surface area contributed by atoms with Gasteiger partial charge in [-0.05, 0) is 12.1 Å². The highest BCUT2D eigenvalue weighted by molar-refractivity contribution is 7.27. The lowest BCUT2D eigenvalue weighted by Crippen LogP contribution is -2.01. The minimum Gasteiger partial charge on any atom is -0.507 e. The van der Waals surface area contributed by atoms with Gasteiger partial charge in [0.05, 0.1) is 9.75 Å². The molecule has 10 heteroatoms. The van der Waals surface area contributed by atoms with Gasteiger partial charge in [-0.2, -0.15) is 0 Å². The summed E-state index contributed by atoms with van der Waals surface area (Å²) in [7, 11) is 0. The number of carboxylic acid groups (broad SMARTS) is 2. The van der Waals surface area contributed by atoms with E-state index in [1.165, 1.54) is 12.1 Å². The highest BCUT2D eigenvalue weighted by Gasteiger charge is 2.32. The number of thiophene rings is 2. The molecule has 0 amide bonds. The van der Waals surface area contributed by atoms with E-state index >= 15 is 0 Å². The largest absolute Gasteiger partial charge is 0.507 e. The van der Waals surface area contributed by atoms with Crippen LogP contribution in [0.25, 0.3) is 32.0 Å². The third-order valence-corrected chi connectivity index (χ3v) is 7.05. The number of rotatable bonds is 5. The molecule has 0 aliphatic rings. The number of phenolic OH excluding ortho intramolecular Hbond substituents is 2. The Hall–Kier alpha value is -4.02. The lowest BCUT2D eigenvalue weighted by Gasteiger charge is -2.11. The Kier molecular flexibility index (Phi) is 5.25. The van der Waals surface area contributed by atoms with Crippen LogP contribution in [0.5, 0.6) is 11.5 Å². The van der Waals surface area contributed by atoms with Gasteiger partial charge in [-0.1, -0.05) is 36.4 Å². The van der Waals surface area contributed by atoms with Crippen molar-refractivity contribution in [2.45, 2.75) is 0 Å². The predicted molar refractivity (Wildman–Crippen MR) is 125 cm³/mol. The first kappa shape index (κ1) is 21.2. The van der Waals surface area contributed by atoms with Crippen molar-refractivity contribution in [3.8, 4) is 43.5 Å². The van der Waals surface area contributed by atoms with Crippen LogP contribution in [0.4, 0.5) is 10.0 Å². The van der Waals surface area contributed by atoms with Gasteiger partial charge in [0, 0.05) is 22.3 Å². The van der Waals surface area contributed by atoms with Crippen LogP contribution in [-0.2, 0) is 0 Å². The molecule has 0 aliphatic heterocycles. The van der Waals surface area contributed by atoms with E-state index in [-0.39, 0.29) is 54.9 Å². The minimum atomic E-state index is -1.30. The van der Waals surface area contributed by atoms with Gasteiger partial charge < -0.3 is 31.9 Å². The van der Waals surface area contributed by atoms with Gasteiger partial charge in [0.25, 0.3) is 0 Å². The maximum absolute atomic E-state index is 12.1. The quantitative estimate of drug-likeness (QED) is 0.243. The molecule has 2 heterocycles. The van der Waals surface area contributed by atoms with Crippen molar-refractivity contribution in [3.05, 3.63) is 59.7 Å². The van der Waals surface area contributed by atoms with E-state index in [1.807, 2.05) is 0 Å². The van der Waals surface area contributed by atoms with E-state index < -0.39 is 11.9 Å². The van der Waals surface area contributed by atoms with Crippen molar-refractivity contribution in [3.63, 3.8) is 0 Å². The molecule has 0 atom stereocenters. The van der Waals surface area contributed by atoms with E-state index in [0.717, 1.165) is 22.7 Å². The van der Waals surface area contributed by atoms with Gasteiger partial charge in [0.15, 0.2) is 0 Å². The van der Waals surface area contributed by atoms with Crippen LogP contribution in [-0.4, -0.2) is 32.4 Å². The second-order valence-corrected chi connectivity index (χ2v) is 8.84. The third kappa shape index (κ3) is 3.31. The van der Waals surface area contributed by atoms with Crippen LogP contribution in [0.3, 0.4) is 0 Å². The van der Waals surface area contributed by atoms with Gasteiger partial charge in [0.2, 0.25) is 0 Å². The first-order valence-corrected chi connectivity index (χ1v) is 10.7. The number of anilines is 2. The molecule has 0 aliphatic carbocycles. The van der Waals surface area contributed by atoms with Crippen LogP contribution < -0.4 is 11.5 Å². The molecule has 2 aromatic carbocycles. The highest BCUT2D eigenvalue weighted by Crippen LogP contribution is 2.54. The number of aromatic carboxylic acids is 2. The zero-order chi connectivity index (χ0) is 23.2. The molecular formula is C22H16N2O6S2. The van der Waals surface area contributed by atoms with E-state index in [4.69, 9.17) is 11.5 Å². The number of nitrogens with two attached hydrogens (primary N) is 2. The van der Waals surface area contributed by atoms with Gasteiger partial charge in [0.1, 0.15) is 32.6 Å². The smallest absolute Gasteiger partial charge is 0.339 e. The number of hydrogen-bond acceptors (Lipinski definition) is 8. The van der Waals surface area contributed by atoms with Crippen LogP contribution in [0, 0.1) is 0 Å². The number of carboxylic acids is 2. The van der Waals surface area contributed by atoms with Gasteiger partial charge >= 0.3 is 11.9 Å². The Morgan fingerprint density at radius 2 is 1.00 bits per heavy atom. The molecule has 4 rings (SSSR count). The summed E-state index contributed by atoms with van der Waals surface area (Å²) in [6, 6.07) is 12.4. The molecule has 0 saturated carbocycles. The Morgan fingerprint density at radius 1 is 0.656 bits per heavy atom. The van der Waals surface area contributed by atoms with E-state index in [9.17, 15) is 30.0 Å². The summed E-state index contributed by atoms with van der Waals surface area (Å²) in [5, 5.41) is 40.5. The number of aromatic hydroxyl groups is 2. The first-order chi connectivity index (χ1) is 15.2. The molecule has 2 aromatic heterocycles. The second kappa shape index (κ2) is 7.91. The SMILES string of the molecule is Nc1sc(-c2sc(N)c(C(=O)O)c2-c2ccccc2O)c(-c2ccccc2O)c1C(=O)O. The van der Waals surface area contributed by atoms with Crippen molar-refractivity contribution in [1.82, 2.24) is 0 Å². The normalized spacial score (nSPS) is 10.9. The van der Waals surface area contributed by atoms with Crippen molar-refractivity contribution in [2.75, 3.05) is 11.5 Å². The van der Waals surface area contributed by atoms with Crippen LogP contribution in [0.1, 0.15) is 20.7 Å². The van der Waals surface area contributed by atoms with Crippen molar-refractivity contribution >= 4 is 44.6 Å². The molecular weight excluding hydrogens is 452 g/mol. The Morgan fingerprint density at radius 3 is 1.31 bits per heavy atom. The van der Waals surface area contributed by atoms with Crippen molar-refractivity contribution in [1.29, 1.82) is 0 Å². The molecule has 4 aromatic rings. The van der Waals surface area contributed by atoms with Gasteiger partial charge in [-0.3, -0.25) is 0 Å². The molecule has 162 valence electrons. The van der Waals surface area contributed by atoms with Crippen LogP contribution in [0.2, 0.25) is 0 Å². The molecule has 0 fully saturated rings. The monoisotopic (exact) mass is 468 g/mol. The van der Waals surface area contributed by atoms with Crippen molar-refractivity contribution < 1.29 is 30.0 Å². The molecule has 32 heavy (non-hydrogen) atoms. The summed E-state index contributed by atoms with van der Waals surface area (Å²) in [6.07, 6.45) is 0. The van der Waals surface area contributed by atoms with E-state index in [0.29, 0.717) is 9.75 Å². The average Bonchev–Trinajstić information content (AvgIpc) is 3.25. The molecule has 0 saturated heterocycles. The van der Waals surface area contributed by atoms with Crippen molar-refractivity contribution in [2.24, 2.45) is 0 Å². The zero-order valence-electron chi connectivity index (χ0n) is 16.2. The predicted octanol–water partition coefficient (Wildman–Crippen LogP) is 4.78. The van der Waals surface area contributed by atoms with E-state index in [2.05, 4.69) is 0 Å². The standard InChI is InChI=1S/C22H16N2O6S2/c23-19-15(21(27)28)13(9-5-1-3-7-11(9)25)17(31-19)18-14(10-6-2-4-8-12(10)26)16(22(29)30)20(24)32-18/h1-8,25-26H,23-24H2,(H,27,28)(H,29,30). The summed E-state index contributed by atoms with van der Waals surface area (Å²) >= 11 is 1.88. The Labute approximate surface area is 189 Å². The number of benzene rings is 2. The average molecular weight is 469 g/mol. The fourth-order valence-electron chi connectivity index (χ4n) is 3.53. The molecule has 0 radical (unpaired) electrons. The third-order valence-electron chi connectivity index (χ3n) is 4.85. The summed E-state index contributed by atoms with van der Waals surface area (Å²) in [5.41, 5.74) is 12.4. The maximum Gasteiger partial charge on any atom is 0.339 e. The fraction of sp³-hybridized carbons (Fsp3) is 0. The Bertz CT molecular complexity index is 1280. The highest BCUT2D eigenvalue weighted by atomic mass is 32.1. The zero-order valence-corrected chi connectivity index (χ0v) is 17.8. The minimum absolute atomic E-state index is 0.0159. The first-order valence-electron chi connectivity index (χ1n) is 9.10. The van der Waals surface area contributed by atoms with Crippen LogP contribution in [0.15, 0.2) is 48.5 Å². The van der Waals surface area contributed by atoms with Crippen LogP contribution >= 0.6 is 22.7 Å². The second-order valence-electron chi connectivity index (χ2n) is 6.74. The maximum atomic E-state index is 12.1. The fourth-order valence-corrected chi connectivity index (χ4v) is 5.82. The number of carbonyl (C=O) groups is 2. The summed E-state index contributed by atoms with van der Waals surface area (Å²) in [6.45, 7) is 0. The number of hydrogen-bond donors (Lipinski definition) is 6. The van der Waals surface area contributed by atoms with E-state index in [1.54, 1.807) is 36.4 Å². The number of phenols is 2. The Balaban J connectivity index is 2.15. The molecule has 0 unspecified atom stereocenters. The molecule has 0 bridgehead atoms. The van der Waals surface area contributed by atoms with Gasteiger partial charge in [-0.25, -0.2) is 9.59 Å². The lowest BCUT2D eigenvalue weighted by atomic mass is 9.95. The van der Waals surface area contributed by atoms with Gasteiger partial charge in [-0.15, -0.1) is 22.7 Å². The molecule has 8 N–H and O–H groups in total. The molecule has 8 nitrogen and oxygen atoms in total. The summed E-state index contributed by atoms with van der Waals surface area (Å²) < 4.78 is 0. The number of nitrogen functional groups attached to an aromatic ring is 2. The summed E-state index contributed by atoms with van der Waals surface area (Å²) in [5.74, 6) is -2.92. The summed E-state index contributed by atoms with van der Waals surface area (Å²) in [4.78, 5) is 24.7. The number of para-hydroxylation sites is 2. The lowest BCUT2D eigenvalue weighted by molar-refractivity contribution is 0.0688. The molecule has 0 spiro atoms.